The Morgan fingerprint density at radius 1 is 1.00 bits per heavy atom. The monoisotopic (exact) mass is 545 g/mol. The molecule has 2 aliphatic heterocycles. The second-order valence-electron chi connectivity index (χ2n) is 9.15. The summed E-state index contributed by atoms with van der Waals surface area (Å²) in [6.07, 6.45) is 1.79. The van der Waals surface area contributed by atoms with Gasteiger partial charge >= 0.3 is 0 Å². The summed E-state index contributed by atoms with van der Waals surface area (Å²) in [4.78, 5) is 29.0. The van der Waals surface area contributed by atoms with E-state index in [-0.39, 0.29) is 23.2 Å². The summed E-state index contributed by atoms with van der Waals surface area (Å²) < 4.78 is 18.6. The normalized spacial score (nSPS) is 19.1. The van der Waals surface area contributed by atoms with Gasteiger partial charge in [0.1, 0.15) is 17.9 Å². The minimum absolute atomic E-state index is 0.0575. The Balaban J connectivity index is 1.38. The molecule has 1 aromatic heterocycles. The van der Waals surface area contributed by atoms with Gasteiger partial charge in [-0.05, 0) is 54.3 Å². The third kappa shape index (κ3) is 4.22. The maximum absolute atomic E-state index is 13.7. The number of nitrogens with zero attached hydrogens (tertiary/aromatic N) is 1. The summed E-state index contributed by atoms with van der Waals surface area (Å²) in [5.74, 6) is 0.548. The highest BCUT2D eigenvalue weighted by atomic mass is 79.9. The molecule has 0 radical (unpaired) electrons. The molecule has 0 saturated carbocycles. The average Bonchev–Trinajstić information content (AvgIpc) is 3.51. The molecule has 6 rings (SSSR count). The SMILES string of the molecule is O=C1c2oc3ccc(Br)cc3c(=O)c2C(c2ccc(OCc3ccccc3)cc2)N1CC1CCCO1. The first kappa shape index (κ1) is 23.0. The van der Waals surface area contributed by atoms with Crippen LogP contribution in [0, 0.1) is 0 Å². The molecule has 3 heterocycles. The van der Waals surface area contributed by atoms with Crippen LogP contribution < -0.4 is 10.2 Å². The fraction of sp³-hybridized carbons (Fsp3) is 0.241. The maximum Gasteiger partial charge on any atom is 0.291 e. The van der Waals surface area contributed by atoms with Crippen LogP contribution in [0.5, 0.6) is 5.75 Å². The fourth-order valence-corrected chi connectivity index (χ4v) is 5.38. The van der Waals surface area contributed by atoms with Gasteiger partial charge in [0, 0.05) is 17.6 Å². The molecule has 1 saturated heterocycles. The quantitative estimate of drug-likeness (QED) is 0.303. The molecule has 1 fully saturated rings. The van der Waals surface area contributed by atoms with Gasteiger partial charge in [-0.3, -0.25) is 9.59 Å². The van der Waals surface area contributed by atoms with Gasteiger partial charge in [-0.1, -0.05) is 58.4 Å². The van der Waals surface area contributed by atoms with Crippen molar-refractivity contribution in [2.24, 2.45) is 0 Å². The van der Waals surface area contributed by atoms with Crippen molar-refractivity contribution in [3.8, 4) is 5.75 Å². The van der Waals surface area contributed by atoms with E-state index in [9.17, 15) is 9.59 Å². The molecule has 0 N–H and O–H groups in total. The number of hydrogen-bond donors (Lipinski definition) is 0. The molecule has 2 unspecified atom stereocenters. The Kier molecular flexibility index (Phi) is 6.11. The lowest BCUT2D eigenvalue weighted by Crippen LogP contribution is -2.36. The lowest BCUT2D eigenvalue weighted by molar-refractivity contribution is 0.0486. The summed E-state index contributed by atoms with van der Waals surface area (Å²) in [5, 5.41) is 0.447. The number of rotatable bonds is 6. The highest BCUT2D eigenvalue weighted by molar-refractivity contribution is 9.10. The third-order valence-electron chi connectivity index (χ3n) is 6.80. The largest absolute Gasteiger partial charge is 0.489 e. The molecule has 2 aliphatic rings. The number of amides is 1. The summed E-state index contributed by atoms with van der Waals surface area (Å²) >= 11 is 3.44. The highest BCUT2D eigenvalue weighted by Crippen LogP contribution is 2.39. The summed E-state index contributed by atoms with van der Waals surface area (Å²) in [7, 11) is 0. The van der Waals surface area contributed by atoms with Crippen molar-refractivity contribution in [1.29, 1.82) is 0 Å². The van der Waals surface area contributed by atoms with Crippen molar-refractivity contribution in [2.45, 2.75) is 31.6 Å². The zero-order valence-corrected chi connectivity index (χ0v) is 21.1. The minimum Gasteiger partial charge on any atom is -0.489 e. The maximum atomic E-state index is 13.7. The Morgan fingerprint density at radius 2 is 1.81 bits per heavy atom. The number of benzene rings is 3. The topological polar surface area (TPSA) is 69.0 Å². The van der Waals surface area contributed by atoms with E-state index in [4.69, 9.17) is 13.9 Å². The number of fused-ring (bicyclic) bond motifs is 2. The smallest absolute Gasteiger partial charge is 0.291 e. The lowest BCUT2D eigenvalue weighted by atomic mass is 9.98. The summed E-state index contributed by atoms with van der Waals surface area (Å²) in [5.41, 5.74) is 2.49. The van der Waals surface area contributed by atoms with Crippen LogP contribution in [-0.4, -0.2) is 30.1 Å². The molecular weight excluding hydrogens is 522 g/mol. The second-order valence-corrected chi connectivity index (χ2v) is 10.1. The van der Waals surface area contributed by atoms with Crippen LogP contribution in [0.15, 0.2) is 86.5 Å². The molecule has 7 heteroatoms. The first-order valence-corrected chi connectivity index (χ1v) is 12.8. The van der Waals surface area contributed by atoms with Gasteiger partial charge in [-0.25, -0.2) is 0 Å². The van der Waals surface area contributed by atoms with Gasteiger partial charge in [0.25, 0.3) is 5.91 Å². The van der Waals surface area contributed by atoms with Crippen molar-refractivity contribution < 1.29 is 18.7 Å². The van der Waals surface area contributed by atoms with Crippen molar-refractivity contribution in [3.63, 3.8) is 0 Å². The Hall–Kier alpha value is -3.42. The number of carbonyl (C=O) groups is 1. The van der Waals surface area contributed by atoms with Crippen molar-refractivity contribution in [1.82, 2.24) is 4.90 Å². The van der Waals surface area contributed by atoms with E-state index in [0.29, 0.717) is 42.0 Å². The molecule has 0 spiro atoms. The first-order valence-electron chi connectivity index (χ1n) is 12.0. The van der Waals surface area contributed by atoms with Gasteiger partial charge < -0.3 is 18.8 Å². The van der Waals surface area contributed by atoms with Gasteiger partial charge in [0.15, 0.2) is 5.43 Å². The zero-order valence-electron chi connectivity index (χ0n) is 19.5. The van der Waals surface area contributed by atoms with Crippen LogP contribution in [0.1, 0.15) is 46.1 Å². The Bertz CT molecular complexity index is 1480. The van der Waals surface area contributed by atoms with Crippen molar-refractivity contribution in [3.05, 3.63) is 110 Å². The molecule has 4 aromatic rings. The van der Waals surface area contributed by atoms with E-state index in [0.717, 1.165) is 28.4 Å². The molecule has 1 amide bonds. The van der Waals surface area contributed by atoms with E-state index >= 15 is 0 Å². The predicted molar refractivity (Wildman–Crippen MR) is 139 cm³/mol. The van der Waals surface area contributed by atoms with Gasteiger partial charge in [-0.2, -0.15) is 0 Å². The summed E-state index contributed by atoms with van der Waals surface area (Å²) in [6.45, 7) is 1.55. The Labute approximate surface area is 216 Å². The number of hydrogen-bond acceptors (Lipinski definition) is 5. The molecule has 36 heavy (non-hydrogen) atoms. The molecule has 3 aromatic carbocycles. The summed E-state index contributed by atoms with van der Waals surface area (Å²) in [6, 6.07) is 22.2. The standard InChI is InChI=1S/C29H24BrNO5/c30-20-10-13-24-23(15-20)27(32)25-26(31(29(33)28(25)36-24)16-22-7-4-14-34-22)19-8-11-21(12-9-19)35-17-18-5-2-1-3-6-18/h1-3,5-6,8-13,15,22,26H,4,7,14,16-17H2. The third-order valence-corrected chi connectivity index (χ3v) is 7.29. The number of ether oxygens (including phenoxy) is 2. The number of halogens is 1. The zero-order chi connectivity index (χ0) is 24.6. The fourth-order valence-electron chi connectivity index (χ4n) is 5.02. The van der Waals surface area contributed by atoms with Gasteiger partial charge in [0.05, 0.1) is 23.1 Å². The van der Waals surface area contributed by atoms with E-state index in [1.807, 2.05) is 54.6 Å². The van der Waals surface area contributed by atoms with Crippen molar-refractivity contribution in [2.75, 3.05) is 13.2 Å². The van der Waals surface area contributed by atoms with Crippen LogP contribution in [0.3, 0.4) is 0 Å². The van der Waals surface area contributed by atoms with Crippen LogP contribution in [0.2, 0.25) is 0 Å². The van der Waals surface area contributed by atoms with Gasteiger partial charge in [0.2, 0.25) is 5.76 Å². The second kappa shape index (κ2) is 9.56. The van der Waals surface area contributed by atoms with E-state index in [2.05, 4.69) is 15.9 Å². The van der Waals surface area contributed by atoms with Gasteiger partial charge in [-0.15, -0.1) is 0 Å². The van der Waals surface area contributed by atoms with Crippen LogP contribution in [0.4, 0.5) is 0 Å². The number of carbonyl (C=O) groups excluding carboxylic acids is 1. The molecular formula is C29H24BrNO5. The lowest BCUT2D eigenvalue weighted by Gasteiger charge is -2.27. The molecule has 0 aliphatic carbocycles. The van der Waals surface area contributed by atoms with E-state index in [1.54, 1.807) is 23.1 Å². The average molecular weight is 546 g/mol. The van der Waals surface area contributed by atoms with E-state index < -0.39 is 6.04 Å². The van der Waals surface area contributed by atoms with Crippen molar-refractivity contribution >= 4 is 32.8 Å². The van der Waals surface area contributed by atoms with E-state index in [1.165, 1.54) is 0 Å². The molecule has 6 nitrogen and oxygen atoms in total. The van der Waals surface area contributed by atoms with Crippen LogP contribution in [0.25, 0.3) is 11.0 Å². The molecule has 2 atom stereocenters. The molecule has 0 bridgehead atoms. The Morgan fingerprint density at radius 3 is 2.56 bits per heavy atom. The molecule has 182 valence electrons. The van der Waals surface area contributed by atoms with Crippen LogP contribution in [-0.2, 0) is 11.3 Å². The predicted octanol–water partition coefficient (Wildman–Crippen LogP) is 5.86. The highest BCUT2D eigenvalue weighted by Gasteiger charge is 2.43. The van der Waals surface area contributed by atoms with Crippen LogP contribution >= 0.6 is 15.9 Å². The first-order chi connectivity index (χ1) is 17.6. The minimum atomic E-state index is -0.556.